The van der Waals surface area contributed by atoms with E-state index in [1.807, 2.05) is 39.2 Å². The lowest BCUT2D eigenvalue weighted by molar-refractivity contribution is -0.0142. The van der Waals surface area contributed by atoms with Crippen molar-refractivity contribution in [1.29, 1.82) is 0 Å². The predicted octanol–water partition coefficient (Wildman–Crippen LogP) is 5.00. The van der Waals surface area contributed by atoms with Gasteiger partial charge in [-0.05, 0) is 87.1 Å². The topological polar surface area (TPSA) is 60.7 Å². The molecule has 7 heteroatoms. The first-order valence-corrected chi connectivity index (χ1v) is 14.5. The molecule has 6 rings (SSSR count). The van der Waals surface area contributed by atoms with Gasteiger partial charge in [0.25, 0.3) is 0 Å². The number of hydrogen-bond donors (Lipinski definition) is 1. The lowest BCUT2D eigenvalue weighted by Gasteiger charge is -2.42. The van der Waals surface area contributed by atoms with Gasteiger partial charge >= 0.3 is 0 Å². The molecule has 1 N–H and O–H groups in total. The highest BCUT2D eigenvalue weighted by atomic mass is 16.3. The van der Waals surface area contributed by atoms with Crippen LogP contribution in [0.4, 0.5) is 11.4 Å². The maximum atomic E-state index is 12.4. The molecule has 1 aromatic heterocycles. The van der Waals surface area contributed by atoms with Crippen LogP contribution in [0.2, 0.25) is 0 Å². The van der Waals surface area contributed by atoms with Crippen LogP contribution in [-0.4, -0.2) is 65.0 Å². The largest absolute Gasteiger partial charge is 0.380 e. The van der Waals surface area contributed by atoms with E-state index >= 15 is 0 Å². The van der Waals surface area contributed by atoms with Gasteiger partial charge in [-0.1, -0.05) is 54.6 Å². The minimum absolute atomic E-state index is 0.167. The average molecular weight is 537 g/mol. The molecule has 3 aromatic carbocycles. The fourth-order valence-corrected chi connectivity index (χ4v) is 6.60. The summed E-state index contributed by atoms with van der Waals surface area (Å²) in [6.07, 6.45) is 3.02. The van der Waals surface area contributed by atoms with Crippen LogP contribution < -0.4 is 9.80 Å². The number of aromatic nitrogens is 3. The van der Waals surface area contributed by atoms with Gasteiger partial charge in [0.2, 0.25) is 0 Å². The molecule has 0 aliphatic carbocycles. The Labute approximate surface area is 237 Å². The van der Waals surface area contributed by atoms with Crippen LogP contribution in [0, 0.1) is 12.8 Å². The number of rotatable bonds is 8. The van der Waals surface area contributed by atoms with Gasteiger partial charge in [-0.15, -0.1) is 10.2 Å². The molecule has 7 nitrogen and oxygen atoms in total. The van der Waals surface area contributed by atoms with Crippen molar-refractivity contribution < 1.29 is 5.11 Å². The minimum Gasteiger partial charge on any atom is -0.380 e. The van der Waals surface area contributed by atoms with Crippen molar-refractivity contribution in [3.05, 3.63) is 102 Å². The van der Waals surface area contributed by atoms with Gasteiger partial charge in [0.1, 0.15) is 11.4 Å². The zero-order valence-electron chi connectivity index (χ0n) is 23.9. The second kappa shape index (κ2) is 11.1. The standard InChI is InChI=1S/C33H40N6O/c1-25-34-35-32-24-38(30-12-7-8-13-31(30)39(25)32)21-9-20-37-22-18-28(19-23-37)33(40,26-10-5-4-6-11-26)27-14-16-29(17-15-27)36(2)3/h4-8,10-17,28,40H,9,18-24H2,1-3H3. The number of aliphatic hydroxyl groups is 1. The molecule has 1 atom stereocenters. The Morgan fingerprint density at radius 2 is 1.48 bits per heavy atom. The summed E-state index contributed by atoms with van der Waals surface area (Å²) in [7, 11) is 4.09. The number of aryl methyl sites for hydroxylation is 1. The van der Waals surface area contributed by atoms with Gasteiger partial charge in [-0.25, -0.2) is 0 Å². The molecular weight excluding hydrogens is 496 g/mol. The van der Waals surface area contributed by atoms with Gasteiger partial charge in [0, 0.05) is 26.3 Å². The molecule has 0 amide bonds. The maximum absolute atomic E-state index is 12.4. The van der Waals surface area contributed by atoms with Crippen molar-refractivity contribution in [2.45, 2.75) is 38.3 Å². The first-order chi connectivity index (χ1) is 19.4. The fraction of sp³-hybridized carbons (Fsp3) is 0.394. The summed E-state index contributed by atoms with van der Waals surface area (Å²) in [6.45, 7) is 6.84. The molecule has 1 saturated heterocycles. The third-order valence-corrected chi connectivity index (χ3v) is 8.81. The normalized spacial score (nSPS) is 17.2. The number of para-hydroxylation sites is 2. The number of hydrogen-bond acceptors (Lipinski definition) is 6. The molecule has 40 heavy (non-hydrogen) atoms. The lowest BCUT2D eigenvalue weighted by atomic mass is 9.72. The van der Waals surface area contributed by atoms with E-state index in [9.17, 15) is 5.11 Å². The molecule has 0 radical (unpaired) electrons. The number of nitrogens with zero attached hydrogens (tertiary/aromatic N) is 6. The molecule has 2 aliphatic rings. The van der Waals surface area contributed by atoms with Crippen LogP contribution in [0.25, 0.3) is 5.69 Å². The molecule has 4 aromatic rings. The zero-order valence-corrected chi connectivity index (χ0v) is 23.9. The van der Waals surface area contributed by atoms with Crippen molar-refractivity contribution in [3.63, 3.8) is 0 Å². The summed E-state index contributed by atoms with van der Waals surface area (Å²) >= 11 is 0. The van der Waals surface area contributed by atoms with Crippen LogP contribution in [0.15, 0.2) is 78.9 Å². The summed E-state index contributed by atoms with van der Waals surface area (Å²) in [5.74, 6) is 2.12. The number of anilines is 2. The summed E-state index contributed by atoms with van der Waals surface area (Å²) in [5.41, 5.74) is 4.54. The van der Waals surface area contributed by atoms with E-state index in [0.29, 0.717) is 0 Å². The van der Waals surface area contributed by atoms with Gasteiger partial charge in [-0.2, -0.15) is 0 Å². The smallest absolute Gasteiger partial charge is 0.157 e. The molecule has 1 fully saturated rings. The third-order valence-electron chi connectivity index (χ3n) is 8.81. The SMILES string of the molecule is Cc1nnc2n1-c1ccccc1N(CCCN1CCC(C(O)(c3ccccc3)c3ccc(N(C)C)cc3)CC1)C2. The van der Waals surface area contributed by atoms with Gasteiger partial charge in [-0.3, -0.25) is 4.57 Å². The summed E-state index contributed by atoms with van der Waals surface area (Å²) in [6, 6.07) is 27.2. The van der Waals surface area contributed by atoms with Crippen molar-refractivity contribution in [2.75, 3.05) is 50.1 Å². The molecule has 1 unspecified atom stereocenters. The number of piperidine rings is 1. The monoisotopic (exact) mass is 536 g/mol. The Morgan fingerprint density at radius 1 is 0.825 bits per heavy atom. The van der Waals surface area contributed by atoms with E-state index < -0.39 is 5.60 Å². The summed E-state index contributed by atoms with van der Waals surface area (Å²) in [5, 5.41) is 21.1. The molecule has 2 aliphatic heterocycles. The van der Waals surface area contributed by atoms with E-state index in [0.717, 1.165) is 80.4 Å². The van der Waals surface area contributed by atoms with Crippen LogP contribution in [0.3, 0.4) is 0 Å². The number of benzene rings is 3. The molecular formula is C33H40N6O. The highest BCUT2D eigenvalue weighted by Crippen LogP contribution is 2.42. The second-order valence-corrected chi connectivity index (χ2v) is 11.5. The summed E-state index contributed by atoms with van der Waals surface area (Å²) in [4.78, 5) is 7.11. The Balaban J connectivity index is 1.10. The zero-order chi connectivity index (χ0) is 27.7. The Morgan fingerprint density at radius 3 is 2.17 bits per heavy atom. The minimum atomic E-state index is -0.996. The predicted molar refractivity (Wildman–Crippen MR) is 161 cm³/mol. The molecule has 0 saturated carbocycles. The van der Waals surface area contributed by atoms with Crippen molar-refractivity contribution in [2.24, 2.45) is 5.92 Å². The Bertz CT molecular complexity index is 1430. The van der Waals surface area contributed by atoms with E-state index in [1.165, 1.54) is 11.4 Å². The molecule has 208 valence electrons. The molecule has 3 heterocycles. The van der Waals surface area contributed by atoms with Crippen LogP contribution >= 0.6 is 0 Å². The first kappa shape index (κ1) is 26.5. The van der Waals surface area contributed by atoms with Gasteiger partial charge in [0.05, 0.1) is 17.9 Å². The Hall–Kier alpha value is -3.68. The van der Waals surface area contributed by atoms with Crippen molar-refractivity contribution in [3.8, 4) is 5.69 Å². The quantitative estimate of drug-likeness (QED) is 0.342. The lowest BCUT2D eigenvalue weighted by Crippen LogP contribution is -2.44. The fourth-order valence-electron chi connectivity index (χ4n) is 6.60. The maximum Gasteiger partial charge on any atom is 0.157 e. The second-order valence-electron chi connectivity index (χ2n) is 11.5. The summed E-state index contributed by atoms with van der Waals surface area (Å²) < 4.78 is 2.18. The molecule has 0 bridgehead atoms. The van der Waals surface area contributed by atoms with E-state index in [1.54, 1.807) is 0 Å². The van der Waals surface area contributed by atoms with Crippen LogP contribution in [0.5, 0.6) is 0 Å². The Kier molecular flexibility index (Phi) is 7.34. The van der Waals surface area contributed by atoms with Crippen molar-refractivity contribution >= 4 is 11.4 Å². The van der Waals surface area contributed by atoms with Crippen LogP contribution in [-0.2, 0) is 12.1 Å². The van der Waals surface area contributed by atoms with E-state index in [-0.39, 0.29) is 5.92 Å². The highest BCUT2D eigenvalue weighted by molar-refractivity contribution is 5.65. The first-order valence-electron chi connectivity index (χ1n) is 14.5. The van der Waals surface area contributed by atoms with E-state index in [2.05, 4.69) is 90.1 Å². The van der Waals surface area contributed by atoms with Gasteiger partial charge < -0.3 is 19.8 Å². The number of likely N-dealkylation sites (tertiary alicyclic amines) is 1. The number of fused-ring (bicyclic) bond motifs is 3. The highest BCUT2D eigenvalue weighted by Gasteiger charge is 2.41. The van der Waals surface area contributed by atoms with Gasteiger partial charge in [0.15, 0.2) is 5.82 Å². The van der Waals surface area contributed by atoms with E-state index in [4.69, 9.17) is 0 Å². The van der Waals surface area contributed by atoms with Crippen molar-refractivity contribution in [1.82, 2.24) is 19.7 Å². The van der Waals surface area contributed by atoms with Crippen LogP contribution in [0.1, 0.15) is 42.0 Å². The molecule has 0 spiro atoms. The average Bonchev–Trinajstić information content (AvgIpc) is 3.38. The third kappa shape index (κ3) is 4.88.